The molecule has 2 aliphatic rings. The predicted molar refractivity (Wildman–Crippen MR) is 113 cm³/mol. The molecule has 7 heteroatoms. The van der Waals surface area contributed by atoms with Gasteiger partial charge in [0.2, 0.25) is 5.91 Å². The van der Waals surface area contributed by atoms with E-state index in [-0.39, 0.29) is 17.9 Å². The zero-order chi connectivity index (χ0) is 22.0. The Hall–Kier alpha value is -2.70. The molecule has 0 radical (unpaired) electrons. The Balaban J connectivity index is 1.50. The van der Waals surface area contributed by atoms with Crippen molar-refractivity contribution in [3.63, 3.8) is 0 Å². The van der Waals surface area contributed by atoms with Crippen LogP contribution in [0.4, 0.5) is 18.9 Å². The summed E-state index contributed by atoms with van der Waals surface area (Å²) in [5.74, 6) is 0.338. The number of hydrogen-bond acceptors (Lipinski definition) is 3. The standard InChI is InChI=1S/C24H27F3N2O2/c1-31-22-8-3-2-6-16(22)11-12-28-23(30)19-15-17-14-18(24(25,26)27)9-10-20(17)29-13-5-4-7-21(19)29/h2-3,6,8-10,14,19,21H,4-5,7,11-13,15H2,1H3,(H,28,30). The van der Waals surface area contributed by atoms with E-state index in [1.54, 1.807) is 13.2 Å². The molecule has 0 aliphatic carbocycles. The van der Waals surface area contributed by atoms with Crippen molar-refractivity contribution >= 4 is 11.6 Å². The molecule has 2 aromatic rings. The Kier molecular flexibility index (Phi) is 6.12. The van der Waals surface area contributed by atoms with E-state index in [0.29, 0.717) is 24.9 Å². The zero-order valence-electron chi connectivity index (χ0n) is 17.5. The Morgan fingerprint density at radius 1 is 1.19 bits per heavy atom. The fraction of sp³-hybridized carbons (Fsp3) is 0.458. The number of carbonyl (C=O) groups is 1. The van der Waals surface area contributed by atoms with E-state index < -0.39 is 11.7 Å². The van der Waals surface area contributed by atoms with E-state index in [9.17, 15) is 18.0 Å². The molecule has 2 heterocycles. The monoisotopic (exact) mass is 432 g/mol. The lowest BCUT2D eigenvalue weighted by Gasteiger charge is -2.46. The molecule has 1 fully saturated rings. The summed E-state index contributed by atoms with van der Waals surface area (Å²) >= 11 is 0. The van der Waals surface area contributed by atoms with Gasteiger partial charge < -0.3 is 15.0 Å². The quantitative estimate of drug-likeness (QED) is 0.751. The first-order valence-electron chi connectivity index (χ1n) is 10.7. The van der Waals surface area contributed by atoms with Crippen molar-refractivity contribution in [3.8, 4) is 5.75 Å². The van der Waals surface area contributed by atoms with Crippen LogP contribution in [0, 0.1) is 5.92 Å². The molecule has 0 aromatic heterocycles. The average Bonchev–Trinajstić information content (AvgIpc) is 2.77. The fourth-order valence-corrected chi connectivity index (χ4v) is 4.88. The summed E-state index contributed by atoms with van der Waals surface area (Å²) in [5.41, 5.74) is 1.80. The van der Waals surface area contributed by atoms with Gasteiger partial charge in [-0.1, -0.05) is 18.2 Å². The van der Waals surface area contributed by atoms with Gasteiger partial charge in [-0.25, -0.2) is 0 Å². The van der Waals surface area contributed by atoms with Crippen LogP contribution >= 0.6 is 0 Å². The van der Waals surface area contributed by atoms with Crippen LogP contribution < -0.4 is 15.0 Å². The highest BCUT2D eigenvalue weighted by molar-refractivity contribution is 5.82. The minimum atomic E-state index is -4.39. The smallest absolute Gasteiger partial charge is 0.416 e. The van der Waals surface area contributed by atoms with Gasteiger partial charge in [0.15, 0.2) is 0 Å². The number of methoxy groups -OCH3 is 1. The molecule has 166 valence electrons. The van der Waals surface area contributed by atoms with E-state index in [4.69, 9.17) is 4.74 Å². The van der Waals surface area contributed by atoms with Gasteiger partial charge in [-0.2, -0.15) is 13.2 Å². The summed E-state index contributed by atoms with van der Waals surface area (Å²) in [7, 11) is 1.61. The zero-order valence-corrected chi connectivity index (χ0v) is 17.5. The van der Waals surface area contributed by atoms with Gasteiger partial charge in [-0.05, 0) is 67.5 Å². The number of ether oxygens (including phenoxy) is 1. The molecule has 1 N–H and O–H groups in total. The number of piperidine rings is 1. The third kappa shape index (κ3) is 4.50. The molecule has 4 rings (SSSR count). The van der Waals surface area contributed by atoms with E-state index in [0.717, 1.165) is 48.9 Å². The maximum Gasteiger partial charge on any atom is 0.416 e. The van der Waals surface area contributed by atoms with Crippen molar-refractivity contribution in [1.29, 1.82) is 0 Å². The Labute approximate surface area is 180 Å². The van der Waals surface area contributed by atoms with Gasteiger partial charge in [-0.3, -0.25) is 4.79 Å². The van der Waals surface area contributed by atoms with Gasteiger partial charge in [-0.15, -0.1) is 0 Å². The van der Waals surface area contributed by atoms with Gasteiger partial charge in [0.1, 0.15) is 5.75 Å². The lowest BCUT2D eigenvalue weighted by Crippen LogP contribution is -2.53. The number of hydrogen-bond donors (Lipinski definition) is 1. The normalized spacial score (nSPS) is 20.6. The molecule has 2 atom stereocenters. The van der Waals surface area contributed by atoms with Crippen LogP contribution in [0.25, 0.3) is 0 Å². The summed E-state index contributed by atoms with van der Waals surface area (Å²) < 4.78 is 45.1. The molecule has 4 nitrogen and oxygen atoms in total. The second kappa shape index (κ2) is 8.81. The molecule has 1 saturated heterocycles. The number of alkyl halides is 3. The second-order valence-corrected chi connectivity index (χ2v) is 8.26. The topological polar surface area (TPSA) is 41.6 Å². The largest absolute Gasteiger partial charge is 0.496 e. The number of para-hydroxylation sites is 1. The number of halogens is 3. The number of nitrogens with zero attached hydrogens (tertiary/aromatic N) is 1. The van der Waals surface area contributed by atoms with Crippen molar-refractivity contribution in [2.75, 3.05) is 25.1 Å². The van der Waals surface area contributed by atoms with Crippen molar-refractivity contribution in [1.82, 2.24) is 5.32 Å². The molecule has 2 aliphatic heterocycles. The van der Waals surface area contributed by atoms with Crippen molar-refractivity contribution in [3.05, 3.63) is 59.2 Å². The highest BCUT2D eigenvalue weighted by Gasteiger charge is 2.40. The first kappa shape index (κ1) is 21.5. The van der Waals surface area contributed by atoms with Crippen LogP contribution in [-0.4, -0.2) is 32.1 Å². The Morgan fingerprint density at radius 3 is 2.77 bits per heavy atom. The number of amides is 1. The number of nitrogens with one attached hydrogen (secondary N) is 1. The minimum absolute atomic E-state index is 0.0317. The molecule has 2 aromatic carbocycles. The molecule has 2 unspecified atom stereocenters. The molecule has 0 bridgehead atoms. The first-order chi connectivity index (χ1) is 14.9. The van der Waals surface area contributed by atoms with Gasteiger partial charge >= 0.3 is 6.18 Å². The van der Waals surface area contributed by atoms with Gasteiger partial charge in [0.25, 0.3) is 0 Å². The molecular weight excluding hydrogens is 405 g/mol. The average molecular weight is 432 g/mol. The third-order valence-electron chi connectivity index (χ3n) is 6.39. The molecule has 0 saturated carbocycles. The minimum Gasteiger partial charge on any atom is -0.496 e. The summed E-state index contributed by atoms with van der Waals surface area (Å²) in [4.78, 5) is 15.2. The summed E-state index contributed by atoms with van der Waals surface area (Å²) in [6.07, 6.45) is -0.529. The van der Waals surface area contributed by atoms with E-state index in [1.807, 2.05) is 24.3 Å². The van der Waals surface area contributed by atoms with Crippen LogP contribution in [0.15, 0.2) is 42.5 Å². The van der Waals surface area contributed by atoms with Crippen molar-refractivity contribution in [2.24, 2.45) is 5.92 Å². The highest BCUT2D eigenvalue weighted by Crippen LogP contribution is 2.41. The Bertz CT molecular complexity index is 945. The van der Waals surface area contributed by atoms with E-state index in [1.165, 1.54) is 6.07 Å². The number of fused-ring (bicyclic) bond motifs is 3. The summed E-state index contributed by atoms with van der Waals surface area (Å²) in [5, 5.41) is 3.02. The Morgan fingerprint density at radius 2 is 2.00 bits per heavy atom. The maximum atomic E-state index is 13.2. The van der Waals surface area contributed by atoms with E-state index >= 15 is 0 Å². The summed E-state index contributed by atoms with van der Waals surface area (Å²) in [6.45, 7) is 1.23. The highest BCUT2D eigenvalue weighted by atomic mass is 19.4. The number of rotatable bonds is 5. The molecular formula is C24H27F3N2O2. The SMILES string of the molecule is COc1ccccc1CCNC(=O)C1Cc2cc(C(F)(F)F)ccc2N2CCCCC12. The molecule has 0 spiro atoms. The predicted octanol–water partition coefficient (Wildman–Crippen LogP) is 4.60. The van der Waals surface area contributed by atoms with Gasteiger partial charge in [0, 0.05) is 24.8 Å². The lowest BCUT2D eigenvalue weighted by atomic mass is 9.80. The summed E-state index contributed by atoms with van der Waals surface area (Å²) in [6, 6.07) is 11.6. The van der Waals surface area contributed by atoms with Crippen LogP contribution in [0.5, 0.6) is 5.75 Å². The fourth-order valence-electron chi connectivity index (χ4n) is 4.88. The van der Waals surface area contributed by atoms with Crippen LogP contribution in [0.1, 0.15) is 36.0 Å². The van der Waals surface area contributed by atoms with Gasteiger partial charge in [0.05, 0.1) is 18.6 Å². The van der Waals surface area contributed by atoms with Crippen LogP contribution in [0.3, 0.4) is 0 Å². The second-order valence-electron chi connectivity index (χ2n) is 8.26. The van der Waals surface area contributed by atoms with Crippen molar-refractivity contribution in [2.45, 2.75) is 44.3 Å². The number of benzene rings is 2. The van der Waals surface area contributed by atoms with Crippen LogP contribution in [0.2, 0.25) is 0 Å². The maximum absolute atomic E-state index is 13.2. The van der Waals surface area contributed by atoms with Crippen LogP contribution in [-0.2, 0) is 23.8 Å². The number of carbonyl (C=O) groups excluding carboxylic acids is 1. The first-order valence-corrected chi connectivity index (χ1v) is 10.7. The lowest BCUT2D eigenvalue weighted by molar-refractivity contribution is -0.137. The number of anilines is 1. The third-order valence-corrected chi connectivity index (χ3v) is 6.39. The van der Waals surface area contributed by atoms with Crippen molar-refractivity contribution < 1.29 is 22.7 Å². The van der Waals surface area contributed by atoms with E-state index in [2.05, 4.69) is 10.2 Å². The molecule has 1 amide bonds. The molecule has 31 heavy (non-hydrogen) atoms.